The molecule has 0 saturated carbocycles. The van der Waals surface area contributed by atoms with Gasteiger partial charge in [-0.2, -0.15) is 0 Å². The molecule has 106 valence electrons. The highest BCUT2D eigenvalue weighted by atomic mass is 79.9. The van der Waals surface area contributed by atoms with E-state index in [1.165, 1.54) is 19.2 Å². The number of aldehydes is 1. The van der Waals surface area contributed by atoms with Gasteiger partial charge in [-0.05, 0) is 36.4 Å². The van der Waals surface area contributed by atoms with E-state index in [0.29, 0.717) is 22.6 Å². The first-order chi connectivity index (χ1) is 10.1. The van der Waals surface area contributed by atoms with Crippen LogP contribution in [0, 0.1) is 5.82 Å². The number of carbonyl (C=O) groups is 1. The van der Waals surface area contributed by atoms with Gasteiger partial charge in [-0.15, -0.1) is 0 Å². The molecule has 2 aromatic carbocycles. The molecule has 5 heteroatoms. The lowest BCUT2D eigenvalue weighted by atomic mass is 10.1. The van der Waals surface area contributed by atoms with Crippen molar-refractivity contribution in [3.8, 4) is 17.0 Å². The van der Waals surface area contributed by atoms with Gasteiger partial charge in [0.1, 0.15) is 11.6 Å². The second kappa shape index (κ2) is 5.33. The van der Waals surface area contributed by atoms with Crippen LogP contribution in [0.3, 0.4) is 0 Å². The number of hydrogen-bond donors (Lipinski definition) is 1. The molecule has 0 atom stereocenters. The van der Waals surface area contributed by atoms with E-state index in [4.69, 9.17) is 4.74 Å². The van der Waals surface area contributed by atoms with Crippen LogP contribution in [-0.4, -0.2) is 18.4 Å². The van der Waals surface area contributed by atoms with Crippen LogP contribution in [0.2, 0.25) is 0 Å². The molecular formula is C16H11BrFNO2. The maximum absolute atomic E-state index is 13.6. The average Bonchev–Trinajstić information content (AvgIpc) is 2.84. The zero-order valence-electron chi connectivity index (χ0n) is 11.1. The molecule has 0 radical (unpaired) electrons. The number of aromatic nitrogens is 1. The monoisotopic (exact) mass is 347 g/mol. The van der Waals surface area contributed by atoms with Crippen LogP contribution in [0.5, 0.6) is 5.75 Å². The summed E-state index contributed by atoms with van der Waals surface area (Å²) in [5, 5.41) is 0.778. The van der Waals surface area contributed by atoms with E-state index in [-0.39, 0.29) is 5.82 Å². The Bertz CT molecular complexity index is 842. The highest BCUT2D eigenvalue weighted by molar-refractivity contribution is 9.10. The third-order valence-corrected chi connectivity index (χ3v) is 3.84. The van der Waals surface area contributed by atoms with Crippen molar-refractivity contribution >= 4 is 33.1 Å². The van der Waals surface area contributed by atoms with Crippen molar-refractivity contribution in [2.45, 2.75) is 0 Å². The molecule has 0 aliphatic carbocycles. The normalized spacial score (nSPS) is 10.8. The molecule has 3 aromatic rings. The Morgan fingerprint density at radius 1 is 1.24 bits per heavy atom. The number of nitrogens with one attached hydrogen (secondary N) is 1. The first-order valence-corrected chi connectivity index (χ1v) is 7.03. The van der Waals surface area contributed by atoms with E-state index in [1.54, 1.807) is 6.07 Å². The van der Waals surface area contributed by atoms with Crippen molar-refractivity contribution in [3.05, 3.63) is 52.3 Å². The summed E-state index contributed by atoms with van der Waals surface area (Å²) in [5.74, 6) is 0.118. The fourth-order valence-corrected chi connectivity index (χ4v) is 2.76. The molecule has 0 fully saturated rings. The summed E-state index contributed by atoms with van der Waals surface area (Å²) in [4.78, 5) is 14.7. The van der Waals surface area contributed by atoms with E-state index >= 15 is 0 Å². The number of halogens is 2. The Morgan fingerprint density at radius 2 is 2.05 bits per heavy atom. The number of H-pyrrole nitrogens is 1. The number of hydrogen-bond acceptors (Lipinski definition) is 2. The zero-order valence-corrected chi connectivity index (χ0v) is 12.7. The Morgan fingerprint density at radius 3 is 2.76 bits per heavy atom. The summed E-state index contributed by atoms with van der Waals surface area (Å²) >= 11 is 3.39. The summed E-state index contributed by atoms with van der Waals surface area (Å²) in [6.07, 6.45) is 0.769. The van der Waals surface area contributed by atoms with Crippen LogP contribution >= 0.6 is 15.9 Å². The minimum absolute atomic E-state index is 0.387. The molecule has 21 heavy (non-hydrogen) atoms. The number of aromatic amines is 1. The second-order valence-electron chi connectivity index (χ2n) is 4.57. The van der Waals surface area contributed by atoms with Gasteiger partial charge in [0.2, 0.25) is 0 Å². The summed E-state index contributed by atoms with van der Waals surface area (Å²) in [6.45, 7) is 0. The van der Waals surface area contributed by atoms with E-state index in [0.717, 1.165) is 21.7 Å². The lowest BCUT2D eigenvalue weighted by Gasteiger charge is -2.07. The second-order valence-corrected chi connectivity index (χ2v) is 5.48. The van der Waals surface area contributed by atoms with Crippen LogP contribution < -0.4 is 4.74 Å². The quantitative estimate of drug-likeness (QED) is 0.705. The fraction of sp³-hybridized carbons (Fsp3) is 0.0625. The summed E-state index contributed by atoms with van der Waals surface area (Å²) in [7, 11) is 1.51. The van der Waals surface area contributed by atoms with Crippen molar-refractivity contribution in [1.82, 2.24) is 4.98 Å². The van der Waals surface area contributed by atoms with Crippen LogP contribution in [0.25, 0.3) is 22.2 Å². The predicted octanol–water partition coefficient (Wildman–Crippen LogP) is 4.56. The van der Waals surface area contributed by atoms with E-state index in [2.05, 4.69) is 20.9 Å². The summed E-state index contributed by atoms with van der Waals surface area (Å²) < 4.78 is 19.7. The number of benzene rings is 2. The van der Waals surface area contributed by atoms with E-state index in [1.807, 2.05) is 18.2 Å². The summed E-state index contributed by atoms with van der Waals surface area (Å²) in [5.41, 5.74) is 2.36. The van der Waals surface area contributed by atoms with Gasteiger partial charge in [0.05, 0.1) is 12.8 Å². The van der Waals surface area contributed by atoms with Crippen LogP contribution in [0.1, 0.15) is 10.4 Å². The highest BCUT2D eigenvalue weighted by Crippen LogP contribution is 2.36. The first-order valence-electron chi connectivity index (χ1n) is 6.24. The van der Waals surface area contributed by atoms with Crippen molar-refractivity contribution in [1.29, 1.82) is 0 Å². The SMILES string of the molecule is COc1ccc(F)cc1-c1[nH]c2ccc(Br)cc2c1C=O. The third kappa shape index (κ3) is 2.34. The molecule has 3 rings (SSSR count). The smallest absolute Gasteiger partial charge is 0.152 e. The van der Waals surface area contributed by atoms with Crippen molar-refractivity contribution in [3.63, 3.8) is 0 Å². The molecule has 1 aromatic heterocycles. The number of methoxy groups -OCH3 is 1. The van der Waals surface area contributed by atoms with Crippen LogP contribution in [0.15, 0.2) is 40.9 Å². The molecule has 3 nitrogen and oxygen atoms in total. The fourth-order valence-electron chi connectivity index (χ4n) is 2.40. The lowest BCUT2D eigenvalue weighted by molar-refractivity contribution is 0.112. The molecule has 0 aliphatic rings. The topological polar surface area (TPSA) is 42.1 Å². The Kier molecular flexibility index (Phi) is 3.51. The Labute approximate surface area is 128 Å². The van der Waals surface area contributed by atoms with Gasteiger partial charge in [-0.25, -0.2) is 4.39 Å². The summed E-state index contributed by atoms with van der Waals surface area (Å²) in [6, 6.07) is 9.81. The zero-order chi connectivity index (χ0) is 15.0. The molecule has 0 unspecified atom stereocenters. The van der Waals surface area contributed by atoms with Gasteiger partial charge in [-0.3, -0.25) is 4.79 Å². The van der Waals surface area contributed by atoms with Gasteiger partial charge >= 0.3 is 0 Å². The lowest BCUT2D eigenvalue weighted by Crippen LogP contribution is -1.92. The van der Waals surface area contributed by atoms with E-state index < -0.39 is 0 Å². The third-order valence-electron chi connectivity index (χ3n) is 3.35. The van der Waals surface area contributed by atoms with Gasteiger partial charge < -0.3 is 9.72 Å². The first kappa shape index (κ1) is 13.8. The number of carbonyl (C=O) groups excluding carboxylic acids is 1. The standard InChI is InChI=1S/C16H11BrFNO2/c1-21-15-5-3-10(18)7-12(15)16-13(8-20)11-6-9(17)2-4-14(11)19-16/h2-8,19H,1H3. The Balaban J connectivity index is 2.35. The molecule has 0 bridgehead atoms. The van der Waals surface area contributed by atoms with Crippen molar-refractivity contribution < 1.29 is 13.9 Å². The van der Waals surface area contributed by atoms with Gasteiger partial charge in [0.25, 0.3) is 0 Å². The molecule has 1 N–H and O–H groups in total. The minimum atomic E-state index is -0.387. The number of rotatable bonds is 3. The average molecular weight is 348 g/mol. The largest absolute Gasteiger partial charge is 0.496 e. The molecular weight excluding hydrogens is 337 g/mol. The van der Waals surface area contributed by atoms with Crippen molar-refractivity contribution in [2.75, 3.05) is 7.11 Å². The molecule has 1 heterocycles. The maximum atomic E-state index is 13.6. The number of ether oxygens (including phenoxy) is 1. The van der Waals surface area contributed by atoms with Gasteiger partial charge in [0, 0.05) is 26.5 Å². The Hall–Kier alpha value is -2.14. The van der Waals surface area contributed by atoms with E-state index in [9.17, 15) is 9.18 Å². The number of fused-ring (bicyclic) bond motifs is 1. The highest BCUT2D eigenvalue weighted by Gasteiger charge is 2.17. The van der Waals surface area contributed by atoms with Gasteiger partial charge in [0.15, 0.2) is 6.29 Å². The maximum Gasteiger partial charge on any atom is 0.152 e. The van der Waals surface area contributed by atoms with Gasteiger partial charge in [-0.1, -0.05) is 15.9 Å². The molecule has 0 spiro atoms. The van der Waals surface area contributed by atoms with Crippen LogP contribution in [-0.2, 0) is 0 Å². The minimum Gasteiger partial charge on any atom is -0.496 e. The van der Waals surface area contributed by atoms with Crippen LogP contribution in [0.4, 0.5) is 4.39 Å². The molecule has 0 aliphatic heterocycles. The molecule has 0 saturated heterocycles. The predicted molar refractivity (Wildman–Crippen MR) is 83.3 cm³/mol. The van der Waals surface area contributed by atoms with Crippen molar-refractivity contribution in [2.24, 2.45) is 0 Å². The molecule has 0 amide bonds.